The van der Waals surface area contributed by atoms with E-state index in [0.29, 0.717) is 23.3 Å². The third kappa shape index (κ3) is 1.45. The standard InChI is InChI=1S/C16H11NO3/c1-9-8-19-15-12(17-9)7-6-11-10-4-2-3-5-13(10)20-16(18)14(11)15/h2-7,17H,1,8H2. The van der Waals surface area contributed by atoms with Crippen LogP contribution in [0.15, 0.2) is 57.9 Å². The van der Waals surface area contributed by atoms with Gasteiger partial charge in [0.1, 0.15) is 17.6 Å². The molecule has 98 valence electrons. The zero-order valence-corrected chi connectivity index (χ0v) is 10.6. The summed E-state index contributed by atoms with van der Waals surface area (Å²) in [5.74, 6) is 0.536. The topological polar surface area (TPSA) is 51.5 Å². The van der Waals surface area contributed by atoms with E-state index < -0.39 is 0 Å². The van der Waals surface area contributed by atoms with Crippen LogP contribution in [0.3, 0.4) is 0 Å². The molecule has 2 aromatic carbocycles. The maximum Gasteiger partial charge on any atom is 0.348 e. The number of para-hydroxylation sites is 1. The van der Waals surface area contributed by atoms with Gasteiger partial charge in [0.2, 0.25) is 0 Å². The van der Waals surface area contributed by atoms with Crippen LogP contribution in [-0.4, -0.2) is 6.61 Å². The Labute approximate surface area is 114 Å². The molecular formula is C16H11NO3. The average Bonchev–Trinajstić information content (AvgIpc) is 2.46. The fraction of sp³-hybridized carbons (Fsp3) is 0.0625. The summed E-state index contributed by atoms with van der Waals surface area (Å²) in [5, 5.41) is 5.34. The largest absolute Gasteiger partial charge is 0.484 e. The molecule has 4 rings (SSSR count). The van der Waals surface area contributed by atoms with Gasteiger partial charge >= 0.3 is 5.63 Å². The molecule has 0 fully saturated rings. The van der Waals surface area contributed by atoms with E-state index in [4.69, 9.17) is 9.15 Å². The molecule has 0 radical (unpaired) electrons. The third-order valence-electron chi connectivity index (χ3n) is 3.44. The molecule has 0 atom stereocenters. The second kappa shape index (κ2) is 3.87. The van der Waals surface area contributed by atoms with Gasteiger partial charge < -0.3 is 14.5 Å². The summed E-state index contributed by atoms with van der Waals surface area (Å²) in [6.45, 7) is 4.17. The second-order valence-electron chi connectivity index (χ2n) is 4.77. The highest BCUT2D eigenvalue weighted by Gasteiger charge is 2.19. The quantitative estimate of drug-likeness (QED) is 0.500. The molecule has 4 nitrogen and oxygen atoms in total. The summed E-state index contributed by atoms with van der Waals surface area (Å²) in [6, 6.07) is 11.3. The molecule has 2 heterocycles. The molecule has 1 aliphatic heterocycles. The molecule has 0 spiro atoms. The normalized spacial score (nSPS) is 13.9. The van der Waals surface area contributed by atoms with Crippen LogP contribution >= 0.6 is 0 Å². The first-order valence-corrected chi connectivity index (χ1v) is 6.30. The van der Waals surface area contributed by atoms with E-state index >= 15 is 0 Å². The van der Waals surface area contributed by atoms with Crippen molar-refractivity contribution in [3.05, 3.63) is 59.1 Å². The van der Waals surface area contributed by atoms with Crippen LogP contribution in [0, 0.1) is 0 Å². The highest BCUT2D eigenvalue weighted by Crippen LogP contribution is 2.37. The Kier molecular flexibility index (Phi) is 2.15. The molecule has 0 saturated carbocycles. The number of nitrogens with one attached hydrogen (secondary N) is 1. The number of hydrogen-bond acceptors (Lipinski definition) is 4. The molecule has 0 bridgehead atoms. The van der Waals surface area contributed by atoms with Crippen LogP contribution in [0.2, 0.25) is 0 Å². The zero-order chi connectivity index (χ0) is 13.7. The van der Waals surface area contributed by atoms with Gasteiger partial charge in [0.25, 0.3) is 0 Å². The van der Waals surface area contributed by atoms with E-state index in [9.17, 15) is 4.79 Å². The van der Waals surface area contributed by atoms with Crippen molar-refractivity contribution in [2.45, 2.75) is 0 Å². The van der Waals surface area contributed by atoms with E-state index in [2.05, 4.69) is 11.9 Å². The van der Waals surface area contributed by atoms with Crippen LogP contribution < -0.4 is 15.7 Å². The van der Waals surface area contributed by atoms with Gasteiger partial charge in [0.15, 0.2) is 5.75 Å². The molecule has 1 aromatic heterocycles. The van der Waals surface area contributed by atoms with Crippen LogP contribution in [0.5, 0.6) is 5.75 Å². The molecule has 1 aliphatic rings. The Morgan fingerprint density at radius 2 is 1.95 bits per heavy atom. The first-order valence-electron chi connectivity index (χ1n) is 6.30. The minimum atomic E-state index is -0.384. The molecule has 0 unspecified atom stereocenters. The zero-order valence-electron chi connectivity index (χ0n) is 10.6. The smallest absolute Gasteiger partial charge is 0.348 e. The lowest BCUT2D eigenvalue weighted by Gasteiger charge is -2.22. The molecule has 20 heavy (non-hydrogen) atoms. The molecule has 4 heteroatoms. The van der Waals surface area contributed by atoms with Gasteiger partial charge in [-0.25, -0.2) is 4.79 Å². The van der Waals surface area contributed by atoms with Gasteiger partial charge in [-0.2, -0.15) is 0 Å². The minimum absolute atomic E-state index is 0.346. The Morgan fingerprint density at radius 3 is 2.85 bits per heavy atom. The van der Waals surface area contributed by atoms with Gasteiger partial charge in [0.05, 0.1) is 5.69 Å². The van der Waals surface area contributed by atoms with Crippen LogP contribution in [-0.2, 0) is 0 Å². The molecule has 3 aromatic rings. The van der Waals surface area contributed by atoms with Gasteiger partial charge in [0, 0.05) is 16.5 Å². The molecule has 0 amide bonds. The number of ether oxygens (including phenoxy) is 1. The number of anilines is 1. The lowest BCUT2D eigenvalue weighted by atomic mass is 10.1. The van der Waals surface area contributed by atoms with Gasteiger partial charge in [-0.05, 0) is 12.1 Å². The van der Waals surface area contributed by atoms with Crippen molar-refractivity contribution in [3.8, 4) is 5.75 Å². The van der Waals surface area contributed by atoms with Crippen molar-refractivity contribution in [3.63, 3.8) is 0 Å². The summed E-state index contributed by atoms with van der Waals surface area (Å²) in [4.78, 5) is 12.2. The summed E-state index contributed by atoms with van der Waals surface area (Å²) in [5.41, 5.74) is 1.71. The fourth-order valence-corrected chi connectivity index (χ4v) is 2.57. The second-order valence-corrected chi connectivity index (χ2v) is 4.77. The Bertz CT molecular complexity index is 924. The summed E-state index contributed by atoms with van der Waals surface area (Å²) in [7, 11) is 0. The molecule has 0 aliphatic carbocycles. The van der Waals surface area contributed by atoms with E-state index in [1.54, 1.807) is 6.07 Å². The van der Waals surface area contributed by atoms with Crippen molar-refractivity contribution in [2.24, 2.45) is 0 Å². The first-order chi connectivity index (χ1) is 9.74. The number of fused-ring (bicyclic) bond motifs is 5. The maximum absolute atomic E-state index is 12.2. The van der Waals surface area contributed by atoms with E-state index in [0.717, 1.165) is 22.2 Å². The highest BCUT2D eigenvalue weighted by atomic mass is 16.5. The Morgan fingerprint density at radius 1 is 1.10 bits per heavy atom. The van der Waals surface area contributed by atoms with E-state index in [-0.39, 0.29) is 5.63 Å². The molecular weight excluding hydrogens is 254 g/mol. The monoisotopic (exact) mass is 265 g/mol. The molecule has 0 saturated heterocycles. The summed E-state index contributed by atoms with van der Waals surface area (Å²) >= 11 is 0. The third-order valence-corrected chi connectivity index (χ3v) is 3.44. The Balaban J connectivity index is 2.19. The maximum atomic E-state index is 12.2. The van der Waals surface area contributed by atoms with Crippen molar-refractivity contribution >= 4 is 27.4 Å². The van der Waals surface area contributed by atoms with Crippen LogP contribution in [0.4, 0.5) is 5.69 Å². The summed E-state index contributed by atoms with van der Waals surface area (Å²) in [6.07, 6.45) is 0. The van der Waals surface area contributed by atoms with Gasteiger partial charge in [-0.1, -0.05) is 30.8 Å². The van der Waals surface area contributed by atoms with Crippen LogP contribution in [0.25, 0.3) is 21.7 Å². The van der Waals surface area contributed by atoms with Gasteiger partial charge in [-0.15, -0.1) is 0 Å². The van der Waals surface area contributed by atoms with Crippen molar-refractivity contribution in [1.82, 2.24) is 0 Å². The minimum Gasteiger partial charge on any atom is -0.484 e. The number of rotatable bonds is 0. The van der Waals surface area contributed by atoms with Crippen molar-refractivity contribution in [1.29, 1.82) is 0 Å². The number of benzene rings is 2. The lowest BCUT2D eigenvalue weighted by Crippen LogP contribution is -2.17. The lowest BCUT2D eigenvalue weighted by molar-refractivity contribution is 0.350. The van der Waals surface area contributed by atoms with Crippen LogP contribution in [0.1, 0.15) is 0 Å². The SMILES string of the molecule is C=C1COc2c(ccc3c2c(=O)oc2ccccc23)N1. The number of hydrogen-bond donors (Lipinski definition) is 1. The highest BCUT2D eigenvalue weighted by molar-refractivity contribution is 6.08. The predicted molar refractivity (Wildman–Crippen MR) is 78.2 cm³/mol. The molecule has 1 N–H and O–H groups in total. The van der Waals surface area contributed by atoms with Gasteiger partial charge in [-0.3, -0.25) is 0 Å². The van der Waals surface area contributed by atoms with E-state index in [1.807, 2.05) is 30.3 Å². The van der Waals surface area contributed by atoms with Crippen molar-refractivity contribution in [2.75, 3.05) is 11.9 Å². The predicted octanol–water partition coefficient (Wildman–Crippen LogP) is 3.26. The van der Waals surface area contributed by atoms with Crippen molar-refractivity contribution < 1.29 is 9.15 Å². The average molecular weight is 265 g/mol. The Hall–Kier alpha value is -2.75. The fourth-order valence-electron chi connectivity index (χ4n) is 2.57. The van der Waals surface area contributed by atoms with E-state index in [1.165, 1.54) is 0 Å². The summed E-state index contributed by atoms with van der Waals surface area (Å²) < 4.78 is 11.0. The first kappa shape index (κ1) is 11.1.